The van der Waals surface area contributed by atoms with Gasteiger partial charge in [-0.1, -0.05) is 35.3 Å². The maximum Gasteiger partial charge on any atom is 0.259 e. The summed E-state index contributed by atoms with van der Waals surface area (Å²) in [6.07, 6.45) is 0. The Hall–Kier alpha value is -2.44. The van der Waals surface area contributed by atoms with Crippen LogP contribution in [0.5, 0.6) is 5.75 Å². The molecule has 0 saturated carbocycles. The molecule has 0 spiro atoms. The average Bonchev–Trinajstić information content (AvgIpc) is 2.49. The van der Waals surface area contributed by atoms with Gasteiger partial charge in [0.05, 0.1) is 16.3 Å². The van der Waals surface area contributed by atoms with Crippen LogP contribution in [0.15, 0.2) is 47.5 Å². The van der Waals surface area contributed by atoms with Crippen LogP contribution < -0.4 is 21.5 Å². The minimum absolute atomic E-state index is 0.0886. The van der Waals surface area contributed by atoms with Crippen LogP contribution in [0.2, 0.25) is 10.0 Å². The number of nitrogens with zero attached hydrogens (tertiary/aromatic N) is 1. The van der Waals surface area contributed by atoms with Gasteiger partial charge < -0.3 is 16.2 Å². The van der Waals surface area contributed by atoms with Crippen LogP contribution in [0, 0.1) is 0 Å². The van der Waals surface area contributed by atoms with E-state index in [1.54, 1.807) is 30.3 Å². The number of hydrogen-bond acceptors (Lipinski definition) is 4. The monoisotopic (exact) mass is 352 g/mol. The summed E-state index contributed by atoms with van der Waals surface area (Å²) in [6, 6.07) is 11.5. The predicted molar refractivity (Wildman–Crippen MR) is 91.9 cm³/mol. The third-order valence-corrected chi connectivity index (χ3v) is 3.34. The Morgan fingerprint density at radius 3 is 2.65 bits per heavy atom. The van der Waals surface area contributed by atoms with Crippen molar-refractivity contribution in [3.05, 3.63) is 58.1 Å². The molecular formula is C15H14Cl2N4O2. The average molecular weight is 353 g/mol. The van der Waals surface area contributed by atoms with Crippen molar-refractivity contribution in [2.24, 2.45) is 10.7 Å². The predicted octanol–water partition coefficient (Wildman–Crippen LogP) is 2.66. The van der Waals surface area contributed by atoms with Crippen LogP contribution in [-0.4, -0.2) is 18.6 Å². The van der Waals surface area contributed by atoms with E-state index >= 15 is 0 Å². The van der Waals surface area contributed by atoms with E-state index in [2.05, 4.69) is 10.3 Å². The molecule has 23 heavy (non-hydrogen) atoms. The molecule has 0 fully saturated rings. The number of rotatable bonds is 4. The minimum Gasteiger partial charge on any atom is -0.469 e. The van der Waals surface area contributed by atoms with Crippen molar-refractivity contribution in [3.63, 3.8) is 0 Å². The molecule has 0 aromatic heterocycles. The molecule has 0 aliphatic rings. The lowest BCUT2D eigenvalue weighted by atomic mass is 10.2. The van der Waals surface area contributed by atoms with Gasteiger partial charge in [0, 0.05) is 5.02 Å². The number of guanidine groups is 1. The van der Waals surface area contributed by atoms with Crippen LogP contribution in [0.25, 0.3) is 0 Å². The summed E-state index contributed by atoms with van der Waals surface area (Å²) in [5, 5.41) is 3.06. The Balaban J connectivity index is 1.94. The van der Waals surface area contributed by atoms with E-state index in [4.69, 9.17) is 39.4 Å². The number of amides is 1. The Labute approximate surface area is 143 Å². The normalized spacial score (nSPS) is 11.1. The number of nitrogens with two attached hydrogens (primary N) is 2. The third-order valence-electron chi connectivity index (χ3n) is 2.79. The quantitative estimate of drug-likeness (QED) is 0.447. The first-order chi connectivity index (χ1) is 11.0. The molecule has 120 valence electrons. The van der Waals surface area contributed by atoms with Crippen molar-refractivity contribution < 1.29 is 9.53 Å². The van der Waals surface area contributed by atoms with Gasteiger partial charge in [0.25, 0.3) is 5.91 Å². The molecule has 0 atom stereocenters. The van der Waals surface area contributed by atoms with Crippen molar-refractivity contribution in [1.82, 2.24) is 5.32 Å². The van der Waals surface area contributed by atoms with Crippen LogP contribution in [0.1, 0.15) is 10.4 Å². The highest BCUT2D eigenvalue weighted by molar-refractivity contribution is 6.37. The van der Waals surface area contributed by atoms with Crippen molar-refractivity contribution in [2.75, 3.05) is 12.5 Å². The smallest absolute Gasteiger partial charge is 0.259 e. The van der Waals surface area contributed by atoms with Gasteiger partial charge in [0.1, 0.15) is 5.75 Å². The first-order valence-electron chi connectivity index (χ1n) is 6.51. The second-order valence-corrected chi connectivity index (χ2v) is 5.28. The van der Waals surface area contributed by atoms with E-state index in [1.807, 2.05) is 0 Å². The van der Waals surface area contributed by atoms with E-state index in [9.17, 15) is 4.79 Å². The number of anilines is 1. The SMILES string of the molecule is N/C(=N\COc1ccccc1N)NC(=O)c1ccc(Cl)cc1Cl. The van der Waals surface area contributed by atoms with E-state index in [0.29, 0.717) is 16.5 Å². The maximum atomic E-state index is 12.0. The molecule has 0 unspecified atom stereocenters. The summed E-state index contributed by atoms with van der Waals surface area (Å²) in [5.74, 6) is -0.112. The number of ether oxygens (including phenoxy) is 1. The number of benzene rings is 2. The zero-order valence-electron chi connectivity index (χ0n) is 11.9. The summed E-state index contributed by atoms with van der Waals surface area (Å²) in [6.45, 7) is -0.0886. The standard InChI is InChI=1S/C15H14Cl2N4O2/c16-9-5-6-10(11(17)7-9)14(22)21-15(19)20-8-23-13-4-2-1-3-12(13)18/h1-7H,8,18H2,(H3,19,20,21,22). The molecule has 2 aromatic carbocycles. The maximum absolute atomic E-state index is 12.0. The number of carbonyl (C=O) groups is 1. The molecule has 0 aliphatic carbocycles. The molecule has 0 radical (unpaired) electrons. The second-order valence-electron chi connectivity index (χ2n) is 4.43. The van der Waals surface area contributed by atoms with Crippen molar-refractivity contribution in [3.8, 4) is 5.75 Å². The number of hydrogen-bond donors (Lipinski definition) is 3. The lowest BCUT2D eigenvalue weighted by molar-refractivity contribution is 0.0976. The fourth-order valence-corrected chi connectivity index (χ4v) is 2.17. The molecule has 0 aliphatic heterocycles. The Morgan fingerprint density at radius 2 is 1.96 bits per heavy atom. The molecule has 5 N–H and O–H groups in total. The highest BCUT2D eigenvalue weighted by Gasteiger charge is 2.11. The van der Waals surface area contributed by atoms with Gasteiger partial charge in [-0.05, 0) is 30.3 Å². The zero-order chi connectivity index (χ0) is 16.8. The highest BCUT2D eigenvalue weighted by atomic mass is 35.5. The van der Waals surface area contributed by atoms with Crippen LogP contribution in [0.3, 0.4) is 0 Å². The number of nitrogens with one attached hydrogen (secondary N) is 1. The van der Waals surface area contributed by atoms with E-state index < -0.39 is 5.91 Å². The number of para-hydroxylation sites is 2. The van der Waals surface area contributed by atoms with Crippen LogP contribution in [0.4, 0.5) is 5.69 Å². The first kappa shape index (κ1) is 16.9. The van der Waals surface area contributed by atoms with E-state index in [-0.39, 0.29) is 23.3 Å². The van der Waals surface area contributed by atoms with E-state index in [0.717, 1.165) is 0 Å². The molecule has 0 heterocycles. The molecule has 6 nitrogen and oxygen atoms in total. The Morgan fingerprint density at radius 1 is 1.22 bits per heavy atom. The number of aliphatic imine (C=N–C) groups is 1. The molecule has 8 heteroatoms. The van der Waals surface area contributed by atoms with Gasteiger partial charge in [0.15, 0.2) is 12.7 Å². The highest BCUT2D eigenvalue weighted by Crippen LogP contribution is 2.21. The third kappa shape index (κ3) is 4.77. The van der Waals surface area contributed by atoms with Crippen molar-refractivity contribution >= 4 is 40.8 Å². The molecule has 0 saturated heterocycles. The fourth-order valence-electron chi connectivity index (χ4n) is 1.68. The molecule has 0 bridgehead atoms. The molecular weight excluding hydrogens is 339 g/mol. The summed E-state index contributed by atoms with van der Waals surface area (Å²) in [4.78, 5) is 15.9. The topological polar surface area (TPSA) is 103 Å². The van der Waals surface area contributed by atoms with Gasteiger partial charge in [-0.2, -0.15) is 0 Å². The number of halogens is 2. The Kier molecular flexibility index (Phi) is 5.67. The summed E-state index contributed by atoms with van der Waals surface area (Å²) in [5.41, 5.74) is 12.1. The molecule has 1 amide bonds. The Bertz CT molecular complexity index is 750. The molecule has 2 aromatic rings. The van der Waals surface area contributed by atoms with Crippen molar-refractivity contribution in [2.45, 2.75) is 0 Å². The lowest BCUT2D eigenvalue weighted by Crippen LogP contribution is -2.37. The van der Waals surface area contributed by atoms with Gasteiger partial charge in [-0.3, -0.25) is 10.1 Å². The summed E-state index contributed by atoms with van der Waals surface area (Å²) in [7, 11) is 0. The van der Waals surface area contributed by atoms with Crippen molar-refractivity contribution in [1.29, 1.82) is 0 Å². The number of carbonyl (C=O) groups excluding carboxylic acids is 1. The van der Waals surface area contributed by atoms with Gasteiger partial charge >= 0.3 is 0 Å². The summed E-state index contributed by atoms with van der Waals surface area (Å²) < 4.78 is 5.35. The molecule has 2 rings (SSSR count). The fraction of sp³-hybridized carbons (Fsp3) is 0.0667. The van der Waals surface area contributed by atoms with E-state index in [1.165, 1.54) is 12.1 Å². The van der Waals surface area contributed by atoms with Gasteiger partial charge in [0.2, 0.25) is 0 Å². The number of nitrogen functional groups attached to an aromatic ring is 1. The largest absolute Gasteiger partial charge is 0.469 e. The summed E-state index contributed by atoms with van der Waals surface area (Å²) >= 11 is 11.7. The second kappa shape index (κ2) is 7.71. The lowest BCUT2D eigenvalue weighted by Gasteiger charge is -2.08. The van der Waals surface area contributed by atoms with Crippen LogP contribution in [-0.2, 0) is 0 Å². The first-order valence-corrected chi connectivity index (χ1v) is 7.26. The van der Waals surface area contributed by atoms with Gasteiger partial charge in [-0.25, -0.2) is 4.99 Å². The minimum atomic E-state index is -0.493. The van der Waals surface area contributed by atoms with Crippen LogP contribution >= 0.6 is 23.2 Å². The zero-order valence-corrected chi connectivity index (χ0v) is 13.4. The van der Waals surface area contributed by atoms with Gasteiger partial charge in [-0.15, -0.1) is 0 Å².